The van der Waals surface area contributed by atoms with Crippen LogP contribution in [0.5, 0.6) is 0 Å². The molecule has 3 nitrogen and oxygen atoms in total. The summed E-state index contributed by atoms with van der Waals surface area (Å²) in [6, 6.07) is 7.83. The van der Waals surface area contributed by atoms with Crippen LogP contribution in [-0.4, -0.2) is 10.2 Å². The Morgan fingerprint density at radius 2 is 2.00 bits per heavy atom. The number of thiocarbonyl (C=S) groups is 1. The molecule has 1 saturated heterocycles. The smallest absolute Gasteiger partial charge is 0.416 e. The van der Waals surface area contributed by atoms with E-state index in [2.05, 4.69) is 0 Å². The van der Waals surface area contributed by atoms with Crippen molar-refractivity contribution < 1.29 is 22.4 Å². The molecule has 0 N–H and O–H groups in total. The van der Waals surface area contributed by atoms with Crippen LogP contribution in [-0.2, 0) is 11.0 Å². The maximum Gasteiger partial charge on any atom is 0.416 e. The number of rotatable bonds is 2. The highest BCUT2D eigenvalue weighted by atomic mass is 32.2. The lowest BCUT2D eigenvalue weighted by Gasteiger charge is -2.16. The average molecular weight is 355 g/mol. The summed E-state index contributed by atoms with van der Waals surface area (Å²) >= 11 is 6.14. The molecule has 1 aliphatic heterocycles. The molecule has 3 rings (SSSR count). The minimum absolute atomic E-state index is 0.0881. The van der Waals surface area contributed by atoms with Crippen LogP contribution >= 0.6 is 24.0 Å². The van der Waals surface area contributed by atoms with Crippen LogP contribution in [0, 0.1) is 0 Å². The number of amides is 1. The highest BCUT2D eigenvalue weighted by Gasteiger charge is 2.36. The van der Waals surface area contributed by atoms with Crippen molar-refractivity contribution in [2.24, 2.45) is 0 Å². The minimum Gasteiger partial charge on any atom is -0.465 e. The van der Waals surface area contributed by atoms with Gasteiger partial charge in [0, 0.05) is 6.08 Å². The van der Waals surface area contributed by atoms with Crippen LogP contribution in [0.15, 0.2) is 52.0 Å². The van der Waals surface area contributed by atoms with Crippen molar-refractivity contribution in [2.45, 2.75) is 6.18 Å². The number of benzene rings is 1. The molecule has 0 unspecified atom stereocenters. The van der Waals surface area contributed by atoms with Crippen molar-refractivity contribution in [3.63, 3.8) is 0 Å². The van der Waals surface area contributed by atoms with Crippen LogP contribution in [0.1, 0.15) is 11.3 Å². The topological polar surface area (TPSA) is 33.5 Å². The van der Waals surface area contributed by atoms with Gasteiger partial charge in [-0.15, -0.1) is 0 Å². The second-order valence-corrected chi connectivity index (χ2v) is 6.26. The molecule has 118 valence electrons. The van der Waals surface area contributed by atoms with Crippen molar-refractivity contribution >= 4 is 46.0 Å². The van der Waals surface area contributed by atoms with Crippen LogP contribution in [0.4, 0.5) is 18.9 Å². The molecule has 0 spiro atoms. The van der Waals surface area contributed by atoms with E-state index in [0.29, 0.717) is 10.7 Å². The maximum atomic E-state index is 12.8. The number of hydrogen-bond acceptors (Lipinski definition) is 4. The monoisotopic (exact) mass is 355 g/mol. The van der Waals surface area contributed by atoms with E-state index < -0.39 is 17.6 Å². The van der Waals surface area contributed by atoms with Crippen LogP contribution in [0.25, 0.3) is 6.08 Å². The van der Waals surface area contributed by atoms with Crippen LogP contribution in [0.2, 0.25) is 0 Å². The quantitative estimate of drug-likeness (QED) is 0.577. The number of alkyl halides is 3. The first kappa shape index (κ1) is 15.8. The predicted octanol–water partition coefficient (Wildman–Crippen LogP) is 4.70. The second-order valence-electron chi connectivity index (χ2n) is 4.58. The van der Waals surface area contributed by atoms with Gasteiger partial charge in [-0.25, -0.2) is 0 Å². The molecule has 8 heteroatoms. The minimum atomic E-state index is -4.49. The fraction of sp³-hybridized carbons (Fsp3) is 0.0667. The van der Waals surface area contributed by atoms with E-state index in [1.807, 2.05) is 0 Å². The Balaban J connectivity index is 1.95. The molecule has 23 heavy (non-hydrogen) atoms. The highest BCUT2D eigenvalue weighted by Crippen LogP contribution is 2.38. The Bertz CT molecular complexity index is 797. The normalized spacial score (nSPS) is 17.3. The molecule has 1 amide bonds. The molecule has 0 saturated carbocycles. The van der Waals surface area contributed by atoms with Crippen molar-refractivity contribution in [1.29, 1.82) is 0 Å². The number of thioether (sulfide) groups is 1. The largest absolute Gasteiger partial charge is 0.465 e. The summed E-state index contributed by atoms with van der Waals surface area (Å²) in [5.41, 5.74) is -0.746. The van der Waals surface area contributed by atoms with E-state index in [0.717, 1.165) is 28.8 Å². The van der Waals surface area contributed by atoms with Gasteiger partial charge < -0.3 is 4.42 Å². The summed E-state index contributed by atoms with van der Waals surface area (Å²) < 4.78 is 43.7. The molecule has 0 atom stereocenters. The van der Waals surface area contributed by atoms with Gasteiger partial charge in [0.15, 0.2) is 4.32 Å². The van der Waals surface area contributed by atoms with E-state index in [9.17, 15) is 18.0 Å². The van der Waals surface area contributed by atoms with Crippen molar-refractivity contribution in [3.8, 4) is 0 Å². The Morgan fingerprint density at radius 1 is 1.22 bits per heavy atom. The van der Waals surface area contributed by atoms with Crippen molar-refractivity contribution in [3.05, 3.63) is 58.9 Å². The molecule has 1 aromatic heterocycles. The van der Waals surface area contributed by atoms with Gasteiger partial charge in [-0.3, -0.25) is 9.69 Å². The zero-order valence-electron chi connectivity index (χ0n) is 11.3. The zero-order valence-corrected chi connectivity index (χ0v) is 13.0. The van der Waals surface area contributed by atoms with E-state index in [1.165, 1.54) is 24.5 Å². The van der Waals surface area contributed by atoms with Gasteiger partial charge in [-0.1, -0.05) is 30.0 Å². The molecule has 0 bridgehead atoms. The first-order valence-electron chi connectivity index (χ1n) is 6.35. The highest BCUT2D eigenvalue weighted by molar-refractivity contribution is 8.27. The third-order valence-corrected chi connectivity index (χ3v) is 4.34. The van der Waals surface area contributed by atoms with Gasteiger partial charge in [-0.05, 0) is 30.3 Å². The summed E-state index contributed by atoms with van der Waals surface area (Å²) in [6.45, 7) is 0. The van der Waals surface area contributed by atoms with Gasteiger partial charge in [0.05, 0.1) is 22.4 Å². The third-order valence-electron chi connectivity index (χ3n) is 3.04. The Labute approximate surface area is 138 Å². The lowest BCUT2D eigenvalue weighted by molar-refractivity contribution is -0.137. The first-order valence-corrected chi connectivity index (χ1v) is 7.57. The number of nitrogens with zero attached hydrogens (tertiary/aromatic N) is 1. The number of anilines is 1. The molecule has 1 fully saturated rings. The summed E-state index contributed by atoms with van der Waals surface area (Å²) in [4.78, 5) is 13.8. The third kappa shape index (κ3) is 3.18. The summed E-state index contributed by atoms with van der Waals surface area (Å²) in [6.07, 6.45) is -1.52. The van der Waals surface area contributed by atoms with Gasteiger partial charge >= 0.3 is 6.18 Å². The van der Waals surface area contributed by atoms with Crippen molar-refractivity contribution in [2.75, 3.05) is 4.90 Å². The molecule has 2 aromatic rings. The lowest BCUT2D eigenvalue weighted by Crippen LogP contribution is -2.27. The average Bonchev–Trinajstić information content (AvgIpc) is 3.08. The predicted molar refractivity (Wildman–Crippen MR) is 85.8 cm³/mol. The van der Waals surface area contributed by atoms with E-state index in [-0.39, 0.29) is 10.0 Å². The van der Waals surface area contributed by atoms with E-state index in [4.69, 9.17) is 16.6 Å². The first-order chi connectivity index (χ1) is 10.9. The molecular weight excluding hydrogens is 347 g/mol. The summed E-state index contributed by atoms with van der Waals surface area (Å²) in [5, 5.41) is 0. The van der Waals surface area contributed by atoms with E-state index in [1.54, 1.807) is 12.1 Å². The number of halogens is 3. The standard InChI is InChI=1S/C15H8F3NO2S2/c16-15(17,18)9-3-1-4-10(7-9)19-13(20)12(23-14(19)22)8-11-5-2-6-21-11/h1-8H/b12-8-. The number of furan rings is 1. The van der Waals surface area contributed by atoms with Gasteiger partial charge in [0.2, 0.25) is 0 Å². The lowest BCUT2D eigenvalue weighted by atomic mass is 10.2. The Kier molecular flexibility index (Phi) is 4.03. The number of carbonyl (C=O) groups is 1. The molecule has 1 aliphatic rings. The van der Waals surface area contributed by atoms with Crippen LogP contribution < -0.4 is 4.90 Å². The molecule has 2 heterocycles. The van der Waals surface area contributed by atoms with Gasteiger partial charge in [0.1, 0.15) is 5.76 Å². The molecule has 1 aromatic carbocycles. The molecular formula is C15H8F3NO2S2. The maximum absolute atomic E-state index is 12.8. The fourth-order valence-corrected chi connectivity index (χ4v) is 3.29. The second kappa shape index (κ2) is 5.86. The number of carbonyl (C=O) groups excluding carboxylic acids is 1. The Morgan fingerprint density at radius 3 is 2.65 bits per heavy atom. The zero-order chi connectivity index (χ0) is 16.6. The SMILES string of the molecule is O=C1/C(=C/c2ccco2)SC(=S)N1c1cccc(C(F)(F)F)c1. The fourth-order valence-electron chi connectivity index (χ4n) is 2.01. The number of hydrogen-bond donors (Lipinski definition) is 0. The molecule has 0 aliphatic carbocycles. The van der Waals surface area contributed by atoms with E-state index >= 15 is 0 Å². The Hall–Kier alpha value is -2.06. The van der Waals surface area contributed by atoms with Gasteiger partial charge in [-0.2, -0.15) is 13.2 Å². The van der Waals surface area contributed by atoms with Crippen molar-refractivity contribution in [1.82, 2.24) is 0 Å². The summed E-state index contributed by atoms with van der Waals surface area (Å²) in [7, 11) is 0. The molecule has 0 radical (unpaired) electrons. The summed E-state index contributed by atoms with van der Waals surface area (Å²) in [5.74, 6) is -0.00901. The van der Waals surface area contributed by atoms with Crippen LogP contribution in [0.3, 0.4) is 0 Å². The van der Waals surface area contributed by atoms with Gasteiger partial charge in [0.25, 0.3) is 5.91 Å².